The molecular weight excluding hydrogens is 358 g/mol. The number of nitrogens with one attached hydrogen (secondary N) is 1. The van der Waals surface area contributed by atoms with Crippen LogP contribution in [-0.2, 0) is 9.53 Å². The number of benzene rings is 2. The van der Waals surface area contributed by atoms with E-state index in [4.69, 9.17) is 14.2 Å². The normalized spacial score (nSPS) is 14.7. The Morgan fingerprint density at radius 3 is 2.54 bits per heavy atom. The predicted octanol–water partition coefficient (Wildman–Crippen LogP) is 4.16. The fourth-order valence-electron chi connectivity index (χ4n) is 2.95. The van der Waals surface area contributed by atoms with Crippen LogP contribution in [0.3, 0.4) is 0 Å². The van der Waals surface area contributed by atoms with Gasteiger partial charge in [0.05, 0.1) is 5.56 Å². The standard InChI is InChI=1S/C22H25NO5/c1-4-14(2)17-7-5-6-8-18(17)23-21(24)15(3)28-22(25)16-9-10-19-20(13-16)27-12-11-26-19/h5-10,13-15H,4,11-12H2,1-3H3,(H,23,24)/t14-,15+/m1/s1. The first-order chi connectivity index (χ1) is 13.5. The number of ether oxygens (including phenoxy) is 3. The van der Waals surface area contributed by atoms with E-state index in [1.165, 1.54) is 0 Å². The molecular formula is C22H25NO5. The molecule has 2 atom stereocenters. The largest absolute Gasteiger partial charge is 0.486 e. The lowest BCUT2D eigenvalue weighted by Gasteiger charge is -2.20. The minimum absolute atomic E-state index is 0.309. The minimum atomic E-state index is -0.939. The molecule has 0 saturated carbocycles. The van der Waals surface area contributed by atoms with Crippen LogP contribution in [0.15, 0.2) is 42.5 Å². The molecule has 0 aliphatic carbocycles. The summed E-state index contributed by atoms with van der Waals surface area (Å²) in [6.45, 7) is 6.67. The summed E-state index contributed by atoms with van der Waals surface area (Å²) in [5.74, 6) is 0.444. The molecule has 1 amide bonds. The molecule has 0 saturated heterocycles. The minimum Gasteiger partial charge on any atom is -0.486 e. The van der Waals surface area contributed by atoms with Crippen LogP contribution in [0.2, 0.25) is 0 Å². The molecule has 2 aromatic rings. The van der Waals surface area contributed by atoms with Crippen molar-refractivity contribution in [3.05, 3.63) is 53.6 Å². The van der Waals surface area contributed by atoms with E-state index in [0.29, 0.717) is 36.2 Å². The molecule has 0 spiro atoms. The molecule has 1 aliphatic heterocycles. The quantitative estimate of drug-likeness (QED) is 0.759. The third-order valence-electron chi connectivity index (χ3n) is 4.79. The van der Waals surface area contributed by atoms with Crippen molar-refractivity contribution in [1.82, 2.24) is 0 Å². The van der Waals surface area contributed by atoms with Crippen LogP contribution in [0.4, 0.5) is 5.69 Å². The van der Waals surface area contributed by atoms with Gasteiger partial charge >= 0.3 is 5.97 Å². The molecule has 0 radical (unpaired) electrons. The first-order valence-corrected chi connectivity index (χ1v) is 9.50. The number of fused-ring (bicyclic) bond motifs is 1. The van der Waals surface area contributed by atoms with E-state index in [1.54, 1.807) is 25.1 Å². The maximum atomic E-state index is 12.5. The molecule has 0 unspecified atom stereocenters. The SMILES string of the molecule is CC[C@@H](C)c1ccccc1NC(=O)[C@H](C)OC(=O)c1ccc2c(c1)OCCO2. The molecule has 6 nitrogen and oxygen atoms in total. The highest BCUT2D eigenvalue weighted by Crippen LogP contribution is 2.31. The Kier molecular flexibility index (Phi) is 6.19. The molecule has 0 aromatic heterocycles. The number of hydrogen-bond acceptors (Lipinski definition) is 5. The van der Waals surface area contributed by atoms with Crippen LogP contribution in [-0.4, -0.2) is 31.2 Å². The second-order valence-electron chi connectivity index (χ2n) is 6.79. The van der Waals surface area contributed by atoms with Gasteiger partial charge in [-0.2, -0.15) is 0 Å². The van der Waals surface area contributed by atoms with Gasteiger partial charge in [-0.1, -0.05) is 32.0 Å². The van der Waals surface area contributed by atoms with Crippen LogP contribution >= 0.6 is 0 Å². The lowest BCUT2D eigenvalue weighted by Crippen LogP contribution is -2.30. The zero-order valence-corrected chi connectivity index (χ0v) is 16.4. The van der Waals surface area contributed by atoms with Crippen molar-refractivity contribution in [3.63, 3.8) is 0 Å². The third-order valence-corrected chi connectivity index (χ3v) is 4.79. The first-order valence-electron chi connectivity index (χ1n) is 9.50. The second-order valence-corrected chi connectivity index (χ2v) is 6.79. The predicted molar refractivity (Wildman–Crippen MR) is 106 cm³/mol. The number of carbonyl (C=O) groups excluding carboxylic acids is 2. The average Bonchev–Trinajstić information content (AvgIpc) is 2.73. The Labute approximate surface area is 164 Å². The van der Waals surface area contributed by atoms with Crippen molar-refractivity contribution in [2.45, 2.75) is 39.2 Å². The lowest BCUT2D eigenvalue weighted by atomic mass is 9.97. The average molecular weight is 383 g/mol. The molecule has 0 fully saturated rings. The van der Waals surface area contributed by atoms with Crippen molar-refractivity contribution < 1.29 is 23.8 Å². The van der Waals surface area contributed by atoms with Gasteiger partial charge in [-0.15, -0.1) is 0 Å². The van der Waals surface area contributed by atoms with E-state index in [-0.39, 0.29) is 5.91 Å². The Balaban J connectivity index is 1.65. The van der Waals surface area contributed by atoms with E-state index in [2.05, 4.69) is 19.2 Å². The van der Waals surface area contributed by atoms with Gasteiger partial charge in [-0.25, -0.2) is 4.79 Å². The number of rotatable bonds is 6. The van der Waals surface area contributed by atoms with Gasteiger partial charge in [-0.3, -0.25) is 4.79 Å². The zero-order chi connectivity index (χ0) is 20.1. The monoisotopic (exact) mass is 383 g/mol. The van der Waals surface area contributed by atoms with Crippen LogP contribution in [0, 0.1) is 0 Å². The number of amides is 1. The first kappa shape index (κ1) is 19.7. The summed E-state index contributed by atoms with van der Waals surface area (Å²) in [4.78, 5) is 25.0. The maximum Gasteiger partial charge on any atom is 0.339 e. The summed E-state index contributed by atoms with van der Waals surface area (Å²) in [7, 11) is 0. The summed E-state index contributed by atoms with van der Waals surface area (Å²) < 4.78 is 16.3. The highest BCUT2D eigenvalue weighted by Gasteiger charge is 2.22. The number of para-hydroxylation sites is 1. The number of carbonyl (C=O) groups is 2. The molecule has 6 heteroatoms. The molecule has 1 aliphatic rings. The number of esters is 1. The molecule has 1 heterocycles. The summed E-state index contributed by atoms with van der Waals surface area (Å²) in [5, 5.41) is 2.87. The maximum absolute atomic E-state index is 12.5. The molecule has 28 heavy (non-hydrogen) atoms. The highest BCUT2D eigenvalue weighted by atomic mass is 16.6. The van der Waals surface area contributed by atoms with Gasteiger partial charge in [-0.05, 0) is 49.1 Å². The summed E-state index contributed by atoms with van der Waals surface area (Å²) >= 11 is 0. The molecule has 3 rings (SSSR count). The molecule has 2 aromatic carbocycles. The van der Waals surface area contributed by atoms with Gasteiger partial charge in [0, 0.05) is 5.69 Å². The summed E-state index contributed by atoms with van der Waals surface area (Å²) in [6.07, 6.45) is 0.0207. The van der Waals surface area contributed by atoms with Crippen molar-refractivity contribution >= 4 is 17.6 Å². The van der Waals surface area contributed by atoms with E-state index in [0.717, 1.165) is 17.7 Å². The molecule has 148 valence electrons. The van der Waals surface area contributed by atoms with Crippen LogP contribution in [0.1, 0.15) is 49.0 Å². The van der Waals surface area contributed by atoms with Crippen molar-refractivity contribution in [2.24, 2.45) is 0 Å². The lowest BCUT2D eigenvalue weighted by molar-refractivity contribution is -0.123. The van der Waals surface area contributed by atoms with Gasteiger partial charge in [0.1, 0.15) is 13.2 Å². The van der Waals surface area contributed by atoms with Gasteiger partial charge in [0.15, 0.2) is 17.6 Å². The fourth-order valence-corrected chi connectivity index (χ4v) is 2.95. The number of anilines is 1. The Morgan fingerprint density at radius 1 is 1.07 bits per heavy atom. The number of hydrogen-bond donors (Lipinski definition) is 1. The third kappa shape index (κ3) is 4.44. The van der Waals surface area contributed by atoms with Gasteiger partial charge in [0.2, 0.25) is 0 Å². The smallest absolute Gasteiger partial charge is 0.339 e. The van der Waals surface area contributed by atoms with Crippen LogP contribution in [0.25, 0.3) is 0 Å². The second kappa shape index (κ2) is 8.78. The Morgan fingerprint density at radius 2 is 1.79 bits per heavy atom. The summed E-state index contributed by atoms with van der Waals surface area (Å²) in [5.41, 5.74) is 2.11. The summed E-state index contributed by atoms with van der Waals surface area (Å²) in [6, 6.07) is 12.5. The van der Waals surface area contributed by atoms with Gasteiger partial charge < -0.3 is 19.5 Å². The van der Waals surface area contributed by atoms with Crippen molar-refractivity contribution in [2.75, 3.05) is 18.5 Å². The fraction of sp³-hybridized carbons (Fsp3) is 0.364. The topological polar surface area (TPSA) is 73.9 Å². The van der Waals surface area contributed by atoms with Crippen LogP contribution in [0.5, 0.6) is 11.5 Å². The Bertz CT molecular complexity index is 864. The van der Waals surface area contributed by atoms with E-state index >= 15 is 0 Å². The van der Waals surface area contributed by atoms with E-state index in [1.807, 2.05) is 24.3 Å². The van der Waals surface area contributed by atoms with E-state index < -0.39 is 12.1 Å². The van der Waals surface area contributed by atoms with Gasteiger partial charge in [0.25, 0.3) is 5.91 Å². The van der Waals surface area contributed by atoms with Crippen molar-refractivity contribution in [1.29, 1.82) is 0 Å². The molecule has 1 N–H and O–H groups in total. The van der Waals surface area contributed by atoms with E-state index in [9.17, 15) is 9.59 Å². The Hall–Kier alpha value is -3.02. The highest BCUT2D eigenvalue weighted by molar-refractivity contribution is 5.98. The molecule has 0 bridgehead atoms. The van der Waals surface area contributed by atoms with Crippen molar-refractivity contribution in [3.8, 4) is 11.5 Å². The zero-order valence-electron chi connectivity index (χ0n) is 16.4. The van der Waals surface area contributed by atoms with Crippen LogP contribution < -0.4 is 14.8 Å².